The fourth-order valence-corrected chi connectivity index (χ4v) is 3.20. The lowest BCUT2D eigenvalue weighted by atomic mass is 9.87. The number of hydrogen-bond acceptors (Lipinski definition) is 5. The maximum atomic E-state index is 12.9. The van der Waals surface area contributed by atoms with Crippen molar-refractivity contribution in [2.75, 3.05) is 5.32 Å². The quantitative estimate of drug-likeness (QED) is 0.433. The van der Waals surface area contributed by atoms with Crippen molar-refractivity contribution < 1.29 is 9.53 Å². The van der Waals surface area contributed by atoms with Crippen LogP contribution in [-0.4, -0.2) is 20.9 Å². The zero-order valence-electron chi connectivity index (χ0n) is 18.2. The second-order valence-corrected chi connectivity index (χ2v) is 8.37. The van der Waals surface area contributed by atoms with Crippen LogP contribution in [0.25, 0.3) is 11.3 Å². The molecule has 1 amide bonds. The van der Waals surface area contributed by atoms with E-state index in [1.807, 2.05) is 30.3 Å². The Kier molecular flexibility index (Phi) is 5.94. The summed E-state index contributed by atoms with van der Waals surface area (Å²) in [5, 5.41) is 2.97. The Morgan fingerprint density at radius 1 is 0.906 bits per heavy atom. The first-order valence-corrected chi connectivity index (χ1v) is 10.3. The van der Waals surface area contributed by atoms with Crippen molar-refractivity contribution in [3.05, 3.63) is 96.6 Å². The predicted octanol–water partition coefficient (Wildman–Crippen LogP) is 5.88. The summed E-state index contributed by atoms with van der Waals surface area (Å²) in [6, 6.07) is 20.4. The van der Waals surface area contributed by atoms with Crippen LogP contribution in [0.4, 0.5) is 5.69 Å². The molecule has 6 nitrogen and oxygen atoms in total. The number of carbonyl (C=O) groups is 1. The van der Waals surface area contributed by atoms with Gasteiger partial charge in [-0.1, -0.05) is 39.0 Å². The fourth-order valence-electron chi connectivity index (χ4n) is 3.20. The second-order valence-electron chi connectivity index (χ2n) is 8.37. The number of hydrogen-bond donors (Lipinski definition) is 1. The van der Waals surface area contributed by atoms with Gasteiger partial charge in [0.2, 0.25) is 5.88 Å². The highest BCUT2D eigenvalue weighted by molar-refractivity contribution is 6.04. The number of aromatic nitrogens is 3. The molecule has 4 rings (SSSR count). The molecule has 2 aromatic heterocycles. The number of benzene rings is 2. The van der Waals surface area contributed by atoms with Crippen LogP contribution in [0.5, 0.6) is 11.6 Å². The third-order valence-corrected chi connectivity index (χ3v) is 4.93. The van der Waals surface area contributed by atoms with E-state index in [1.165, 1.54) is 6.33 Å². The lowest BCUT2D eigenvalue weighted by Gasteiger charge is -2.20. The van der Waals surface area contributed by atoms with E-state index in [-0.39, 0.29) is 11.3 Å². The van der Waals surface area contributed by atoms with Gasteiger partial charge < -0.3 is 10.1 Å². The van der Waals surface area contributed by atoms with E-state index in [0.717, 1.165) is 16.8 Å². The second kappa shape index (κ2) is 8.98. The Balaban J connectivity index is 1.55. The summed E-state index contributed by atoms with van der Waals surface area (Å²) >= 11 is 0. The summed E-state index contributed by atoms with van der Waals surface area (Å²) in [5.74, 6) is 0.704. The molecule has 1 N–H and O–H groups in total. The fraction of sp³-hybridized carbons (Fsp3) is 0.154. The molecule has 0 spiro atoms. The Morgan fingerprint density at radius 3 is 2.53 bits per heavy atom. The summed E-state index contributed by atoms with van der Waals surface area (Å²) in [6.45, 7) is 6.42. The van der Waals surface area contributed by atoms with Crippen molar-refractivity contribution in [1.29, 1.82) is 0 Å². The Morgan fingerprint density at radius 2 is 1.75 bits per heavy atom. The summed E-state index contributed by atoms with van der Waals surface area (Å²) in [6.07, 6.45) is 4.79. The minimum atomic E-state index is -0.210. The molecule has 0 bridgehead atoms. The average Bonchev–Trinajstić information content (AvgIpc) is 2.80. The molecular formula is C26H24N4O2. The van der Waals surface area contributed by atoms with Gasteiger partial charge >= 0.3 is 0 Å². The monoisotopic (exact) mass is 424 g/mol. The number of amides is 1. The Bertz CT molecular complexity index is 1230. The predicted molar refractivity (Wildman–Crippen MR) is 125 cm³/mol. The molecule has 0 saturated carbocycles. The van der Waals surface area contributed by atoms with E-state index in [9.17, 15) is 4.79 Å². The van der Waals surface area contributed by atoms with E-state index in [4.69, 9.17) is 4.74 Å². The maximum absolute atomic E-state index is 12.9. The number of nitrogens with zero attached hydrogens (tertiary/aromatic N) is 3. The van der Waals surface area contributed by atoms with Crippen LogP contribution in [0.15, 0.2) is 85.5 Å². The smallest absolute Gasteiger partial charge is 0.255 e. The van der Waals surface area contributed by atoms with E-state index in [1.54, 1.807) is 42.7 Å². The van der Waals surface area contributed by atoms with Crippen molar-refractivity contribution in [3.63, 3.8) is 0 Å². The van der Waals surface area contributed by atoms with Crippen molar-refractivity contribution in [3.8, 4) is 22.9 Å². The van der Waals surface area contributed by atoms with E-state index in [0.29, 0.717) is 22.9 Å². The molecule has 6 heteroatoms. The van der Waals surface area contributed by atoms with Crippen molar-refractivity contribution >= 4 is 11.6 Å². The molecule has 2 aromatic carbocycles. The number of ether oxygens (including phenoxy) is 1. The zero-order chi connectivity index (χ0) is 22.6. The minimum Gasteiger partial charge on any atom is -0.438 e. The van der Waals surface area contributed by atoms with E-state index in [2.05, 4.69) is 47.1 Å². The first-order valence-electron chi connectivity index (χ1n) is 10.3. The SMILES string of the molecule is CC(C)(C)c1cccc(NC(=O)c2cccc(Oc3ncccc3-c3ccncn3)c2)c1. The van der Waals surface area contributed by atoms with Crippen LogP contribution in [0, 0.1) is 0 Å². The van der Waals surface area contributed by atoms with Gasteiger partial charge in [0.1, 0.15) is 12.1 Å². The molecule has 160 valence electrons. The lowest BCUT2D eigenvalue weighted by Crippen LogP contribution is -2.14. The number of rotatable bonds is 5. The van der Waals surface area contributed by atoms with Gasteiger partial charge in [0.15, 0.2) is 0 Å². The minimum absolute atomic E-state index is 0.00143. The van der Waals surface area contributed by atoms with Gasteiger partial charge in [0, 0.05) is 23.6 Å². The summed E-state index contributed by atoms with van der Waals surface area (Å²) in [5.41, 5.74) is 3.84. The zero-order valence-corrected chi connectivity index (χ0v) is 18.2. The van der Waals surface area contributed by atoms with Gasteiger partial charge in [-0.3, -0.25) is 4.79 Å². The molecule has 0 unspecified atom stereocenters. The lowest BCUT2D eigenvalue weighted by molar-refractivity contribution is 0.102. The number of anilines is 1. The maximum Gasteiger partial charge on any atom is 0.255 e. The largest absolute Gasteiger partial charge is 0.438 e. The molecule has 0 aliphatic carbocycles. The molecule has 0 fully saturated rings. The highest BCUT2D eigenvalue weighted by atomic mass is 16.5. The van der Waals surface area contributed by atoms with Gasteiger partial charge in [-0.25, -0.2) is 15.0 Å². The van der Waals surface area contributed by atoms with Gasteiger partial charge in [0.25, 0.3) is 5.91 Å². The molecule has 4 aromatic rings. The average molecular weight is 425 g/mol. The molecule has 0 aliphatic rings. The summed E-state index contributed by atoms with van der Waals surface area (Å²) in [7, 11) is 0. The highest BCUT2D eigenvalue weighted by Gasteiger charge is 2.15. The topological polar surface area (TPSA) is 77.0 Å². The van der Waals surface area contributed by atoms with Crippen LogP contribution in [0.2, 0.25) is 0 Å². The first-order chi connectivity index (χ1) is 15.4. The molecule has 0 radical (unpaired) electrons. The molecule has 2 heterocycles. The highest BCUT2D eigenvalue weighted by Crippen LogP contribution is 2.30. The van der Waals surface area contributed by atoms with Gasteiger partial charge in [-0.2, -0.15) is 0 Å². The molecule has 32 heavy (non-hydrogen) atoms. The van der Waals surface area contributed by atoms with Crippen LogP contribution in [-0.2, 0) is 5.41 Å². The Labute approximate surface area is 187 Å². The van der Waals surface area contributed by atoms with E-state index >= 15 is 0 Å². The third kappa shape index (κ3) is 4.98. The van der Waals surface area contributed by atoms with Gasteiger partial charge in [-0.15, -0.1) is 0 Å². The van der Waals surface area contributed by atoms with Crippen LogP contribution in [0.3, 0.4) is 0 Å². The van der Waals surface area contributed by atoms with Crippen molar-refractivity contribution in [1.82, 2.24) is 15.0 Å². The van der Waals surface area contributed by atoms with Crippen molar-refractivity contribution in [2.24, 2.45) is 0 Å². The van der Waals surface area contributed by atoms with Gasteiger partial charge in [0.05, 0.1) is 11.3 Å². The normalized spacial score (nSPS) is 11.1. The van der Waals surface area contributed by atoms with Crippen LogP contribution >= 0.6 is 0 Å². The van der Waals surface area contributed by atoms with E-state index < -0.39 is 0 Å². The molecule has 0 saturated heterocycles. The first kappa shape index (κ1) is 21.2. The summed E-state index contributed by atoms with van der Waals surface area (Å²) < 4.78 is 6.02. The number of carbonyl (C=O) groups excluding carboxylic acids is 1. The number of pyridine rings is 1. The van der Waals surface area contributed by atoms with Crippen molar-refractivity contribution in [2.45, 2.75) is 26.2 Å². The Hall–Kier alpha value is -4.06. The van der Waals surface area contributed by atoms with Crippen LogP contribution in [0.1, 0.15) is 36.7 Å². The molecule has 0 atom stereocenters. The number of nitrogens with one attached hydrogen (secondary N) is 1. The molecular weight excluding hydrogens is 400 g/mol. The van der Waals surface area contributed by atoms with Gasteiger partial charge in [-0.05, 0) is 59.5 Å². The molecule has 0 aliphatic heterocycles. The summed E-state index contributed by atoms with van der Waals surface area (Å²) in [4.78, 5) is 25.4. The standard InChI is InChI=1S/C26H24N4O2/c1-26(2,3)19-8-5-9-20(16-19)30-24(31)18-7-4-10-21(15-18)32-25-22(11-6-13-28-25)23-12-14-27-17-29-23/h4-17H,1-3H3,(H,30,31). The third-order valence-electron chi connectivity index (χ3n) is 4.93. The van der Waals surface area contributed by atoms with Crippen LogP contribution < -0.4 is 10.1 Å².